The molecular formula is C3HBrClNS. The number of aromatic nitrogens is 1. The van der Waals surface area contributed by atoms with Crippen molar-refractivity contribution < 1.29 is 0 Å². The molecule has 1 aromatic heterocycles. The summed E-state index contributed by atoms with van der Waals surface area (Å²) in [5.41, 5.74) is 0. The standard InChI is InChI=1S/C3HBrClNS/c4-2-1-3(5)6-7-2/h1H. The highest BCUT2D eigenvalue weighted by Gasteiger charge is 1.90. The third-order valence-corrected chi connectivity index (χ3v) is 1.99. The minimum absolute atomic E-state index is 0.553. The highest BCUT2D eigenvalue weighted by molar-refractivity contribution is 9.11. The molecule has 0 spiro atoms. The predicted octanol–water partition coefficient (Wildman–Crippen LogP) is 2.56. The largest absolute Gasteiger partial charge is 0.180 e. The lowest BCUT2D eigenvalue weighted by molar-refractivity contribution is 1.58. The van der Waals surface area contributed by atoms with E-state index in [2.05, 4.69) is 20.3 Å². The average Bonchev–Trinajstić information content (AvgIpc) is 1.87. The molecular weight excluding hydrogens is 197 g/mol. The summed E-state index contributed by atoms with van der Waals surface area (Å²) in [6.45, 7) is 0. The maximum absolute atomic E-state index is 5.43. The average molecular weight is 198 g/mol. The monoisotopic (exact) mass is 197 g/mol. The summed E-state index contributed by atoms with van der Waals surface area (Å²) in [6.07, 6.45) is 0. The molecule has 38 valence electrons. The van der Waals surface area contributed by atoms with Gasteiger partial charge in [0, 0.05) is 6.07 Å². The SMILES string of the molecule is Clc1cc(Br)sn1. The van der Waals surface area contributed by atoms with Gasteiger partial charge in [0.25, 0.3) is 0 Å². The maximum atomic E-state index is 5.43. The van der Waals surface area contributed by atoms with Gasteiger partial charge in [0.05, 0.1) is 3.79 Å². The Labute approximate surface area is 58.6 Å². The van der Waals surface area contributed by atoms with Crippen LogP contribution >= 0.6 is 39.1 Å². The highest BCUT2D eigenvalue weighted by atomic mass is 79.9. The number of rotatable bonds is 0. The van der Waals surface area contributed by atoms with Gasteiger partial charge in [-0.2, -0.15) is 4.37 Å². The zero-order valence-corrected chi connectivity index (χ0v) is 6.35. The van der Waals surface area contributed by atoms with Crippen LogP contribution in [0.15, 0.2) is 9.85 Å². The zero-order valence-electron chi connectivity index (χ0n) is 3.19. The highest BCUT2D eigenvalue weighted by Crippen LogP contribution is 2.19. The minimum Gasteiger partial charge on any atom is -0.180 e. The molecule has 0 unspecified atom stereocenters. The van der Waals surface area contributed by atoms with Crippen LogP contribution in [-0.2, 0) is 0 Å². The number of nitrogens with zero attached hydrogens (tertiary/aromatic N) is 1. The number of halogens is 2. The Balaban J connectivity index is 3.04. The van der Waals surface area contributed by atoms with Crippen molar-refractivity contribution in [2.45, 2.75) is 0 Å². The molecule has 1 rings (SSSR count). The van der Waals surface area contributed by atoms with E-state index in [0.717, 1.165) is 3.79 Å². The summed E-state index contributed by atoms with van der Waals surface area (Å²) in [5, 5.41) is 0.553. The smallest absolute Gasteiger partial charge is 0.144 e. The van der Waals surface area contributed by atoms with Crippen LogP contribution in [0.2, 0.25) is 5.15 Å². The molecule has 0 aliphatic heterocycles. The zero-order chi connectivity index (χ0) is 5.28. The van der Waals surface area contributed by atoms with Crippen LogP contribution in [0.5, 0.6) is 0 Å². The van der Waals surface area contributed by atoms with Crippen LogP contribution in [0, 0.1) is 0 Å². The van der Waals surface area contributed by atoms with E-state index < -0.39 is 0 Å². The lowest BCUT2D eigenvalue weighted by atomic mass is 10.8. The van der Waals surface area contributed by atoms with Crippen molar-refractivity contribution in [3.8, 4) is 0 Å². The number of hydrogen-bond acceptors (Lipinski definition) is 2. The summed E-state index contributed by atoms with van der Waals surface area (Å²) in [4.78, 5) is 0. The van der Waals surface area contributed by atoms with E-state index in [1.54, 1.807) is 6.07 Å². The first-order valence-electron chi connectivity index (χ1n) is 1.57. The normalized spacial score (nSPS) is 9.43. The molecule has 1 heterocycles. The van der Waals surface area contributed by atoms with Gasteiger partial charge in [-0.1, -0.05) is 11.6 Å². The summed E-state index contributed by atoms with van der Waals surface area (Å²) >= 11 is 9.97. The van der Waals surface area contributed by atoms with Gasteiger partial charge in [0.15, 0.2) is 0 Å². The van der Waals surface area contributed by atoms with Crippen LogP contribution in [0.3, 0.4) is 0 Å². The molecule has 0 aliphatic carbocycles. The summed E-state index contributed by atoms with van der Waals surface area (Å²) in [6, 6.07) is 1.76. The van der Waals surface area contributed by atoms with Gasteiger partial charge < -0.3 is 0 Å². The van der Waals surface area contributed by atoms with Crippen molar-refractivity contribution in [2.24, 2.45) is 0 Å². The van der Waals surface area contributed by atoms with Crippen LogP contribution in [-0.4, -0.2) is 4.37 Å². The Morgan fingerprint density at radius 1 is 1.86 bits per heavy atom. The van der Waals surface area contributed by atoms with E-state index in [1.165, 1.54) is 11.5 Å². The van der Waals surface area contributed by atoms with Crippen LogP contribution in [0.4, 0.5) is 0 Å². The molecule has 0 bridgehead atoms. The second kappa shape index (κ2) is 2.11. The Morgan fingerprint density at radius 3 is 2.71 bits per heavy atom. The molecule has 0 radical (unpaired) electrons. The van der Waals surface area contributed by atoms with Gasteiger partial charge in [-0.3, -0.25) is 0 Å². The van der Waals surface area contributed by atoms with Crippen molar-refractivity contribution in [1.29, 1.82) is 0 Å². The summed E-state index contributed by atoms with van der Waals surface area (Å²) in [7, 11) is 0. The van der Waals surface area contributed by atoms with Gasteiger partial charge in [0.1, 0.15) is 5.15 Å². The number of hydrogen-bond donors (Lipinski definition) is 0. The molecule has 4 heteroatoms. The second-order valence-corrected chi connectivity index (χ2v) is 3.53. The fraction of sp³-hybridized carbons (Fsp3) is 0. The van der Waals surface area contributed by atoms with Crippen molar-refractivity contribution in [2.75, 3.05) is 0 Å². The second-order valence-electron chi connectivity index (χ2n) is 0.954. The van der Waals surface area contributed by atoms with Crippen LogP contribution in [0.25, 0.3) is 0 Å². The Morgan fingerprint density at radius 2 is 2.57 bits per heavy atom. The van der Waals surface area contributed by atoms with E-state index in [-0.39, 0.29) is 0 Å². The molecule has 0 N–H and O–H groups in total. The Bertz CT molecular complexity index is 147. The molecule has 1 nitrogen and oxygen atoms in total. The molecule has 0 saturated carbocycles. The lowest BCUT2D eigenvalue weighted by Crippen LogP contribution is -1.46. The van der Waals surface area contributed by atoms with Gasteiger partial charge in [-0.05, 0) is 27.5 Å². The van der Waals surface area contributed by atoms with Crippen molar-refractivity contribution >= 4 is 39.1 Å². The van der Waals surface area contributed by atoms with E-state index in [1.807, 2.05) is 0 Å². The minimum atomic E-state index is 0.553. The molecule has 0 amide bonds. The van der Waals surface area contributed by atoms with E-state index in [0.29, 0.717) is 5.15 Å². The molecule has 0 aliphatic rings. The van der Waals surface area contributed by atoms with Crippen molar-refractivity contribution in [1.82, 2.24) is 4.37 Å². The van der Waals surface area contributed by atoms with Crippen molar-refractivity contribution in [3.05, 3.63) is 15.0 Å². The van der Waals surface area contributed by atoms with Crippen LogP contribution < -0.4 is 0 Å². The molecule has 7 heavy (non-hydrogen) atoms. The molecule has 0 fully saturated rings. The summed E-state index contributed by atoms with van der Waals surface area (Å²) in [5.74, 6) is 0. The fourth-order valence-corrected chi connectivity index (χ4v) is 1.47. The van der Waals surface area contributed by atoms with E-state index in [9.17, 15) is 0 Å². The maximum Gasteiger partial charge on any atom is 0.144 e. The van der Waals surface area contributed by atoms with Gasteiger partial charge in [-0.25, -0.2) is 0 Å². The first-order chi connectivity index (χ1) is 3.29. The third kappa shape index (κ3) is 1.40. The Hall–Kier alpha value is 0.400. The van der Waals surface area contributed by atoms with E-state index in [4.69, 9.17) is 11.6 Å². The lowest BCUT2D eigenvalue weighted by Gasteiger charge is -1.62. The third-order valence-electron chi connectivity index (χ3n) is 0.453. The van der Waals surface area contributed by atoms with Gasteiger partial charge >= 0.3 is 0 Å². The quantitative estimate of drug-likeness (QED) is 0.624. The van der Waals surface area contributed by atoms with Gasteiger partial charge in [-0.15, -0.1) is 0 Å². The first-order valence-corrected chi connectivity index (χ1v) is 3.51. The fourth-order valence-electron chi connectivity index (χ4n) is 0.234. The molecule has 0 atom stereocenters. The van der Waals surface area contributed by atoms with E-state index >= 15 is 0 Å². The Kier molecular flexibility index (Phi) is 1.67. The molecule has 0 aromatic carbocycles. The summed E-state index contributed by atoms with van der Waals surface area (Å²) < 4.78 is 4.75. The first kappa shape index (κ1) is 5.54. The van der Waals surface area contributed by atoms with Crippen LogP contribution in [0.1, 0.15) is 0 Å². The molecule has 1 aromatic rings. The molecule has 0 saturated heterocycles. The van der Waals surface area contributed by atoms with Crippen molar-refractivity contribution in [3.63, 3.8) is 0 Å². The topological polar surface area (TPSA) is 12.9 Å². The predicted molar refractivity (Wildman–Crippen MR) is 34.8 cm³/mol. The van der Waals surface area contributed by atoms with Gasteiger partial charge in [0.2, 0.25) is 0 Å².